The summed E-state index contributed by atoms with van der Waals surface area (Å²) >= 11 is 0. The highest BCUT2D eigenvalue weighted by atomic mass is 16.3. The first-order valence-corrected chi connectivity index (χ1v) is 5.83. The Kier molecular flexibility index (Phi) is 6.08. The van der Waals surface area contributed by atoms with Gasteiger partial charge in [0, 0.05) is 26.2 Å². The van der Waals surface area contributed by atoms with Crippen molar-refractivity contribution in [2.45, 2.75) is 26.5 Å². The Bertz CT molecular complexity index is 282. The second-order valence-corrected chi connectivity index (χ2v) is 4.22. The molecule has 0 aliphatic heterocycles. The average Bonchev–Trinajstić information content (AvgIpc) is 2.25. The summed E-state index contributed by atoms with van der Waals surface area (Å²) in [6.07, 6.45) is -0.267. The van der Waals surface area contributed by atoms with Crippen LogP contribution in [0.4, 0.5) is 0 Å². The summed E-state index contributed by atoms with van der Waals surface area (Å²) in [5.41, 5.74) is 2.60. The molecule has 0 fully saturated rings. The van der Waals surface area contributed by atoms with Gasteiger partial charge in [0.2, 0.25) is 0 Å². The predicted octanol–water partition coefficient (Wildman–Crippen LogP) is 1.06. The predicted molar refractivity (Wildman–Crippen MR) is 67.4 cm³/mol. The maximum absolute atomic E-state index is 9.03. The van der Waals surface area contributed by atoms with Gasteiger partial charge in [-0.1, -0.05) is 29.8 Å². The van der Waals surface area contributed by atoms with Gasteiger partial charge in [0.05, 0.1) is 6.10 Å². The number of hydrogen-bond acceptors (Lipinski definition) is 3. The molecule has 1 rings (SSSR count). The van der Waals surface area contributed by atoms with Crippen LogP contribution in [0.25, 0.3) is 0 Å². The van der Waals surface area contributed by atoms with Crippen molar-refractivity contribution in [1.82, 2.24) is 10.6 Å². The normalized spacial score (nSPS) is 12.7. The van der Waals surface area contributed by atoms with Crippen LogP contribution in [0.1, 0.15) is 18.1 Å². The maximum Gasteiger partial charge on any atom is 0.0636 e. The minimum atomic E-state index is -0.267. The van der Waals surface area contributed by atoms with Gasteiger partial charge in [-0.25, -0.2) is 0 Å². The SMILES string of the molecule is Cc1ccc(CNCCNC[C@@H](C)O)cc1. The molecule has 0 amide bonds. The molecular weight excluding hydrogens is 200 g/mol. The Morgan fingerprint density at radius 2 is 1.75 bits per heavy atom. The van der Waals surface area contributed by atoms with E-state index in [9.17, 15) is 0 Å². The van der Waals surface area contributed by atoms with Crippen LogP contribution in [-0.2, 0) is 6.54 Å². The summed E-state index contributed by atoms with van der Waals surface area (Å²) < 4.78 is 0. The Labute approximate surface area is 97.9 Å². The van der Waals surface area contributed by atoms with Gasteiger partial charge < -0.3 is 15.7 Å². The maximum atomic E-state index is 9.03. The van der Waals surface area contributed by atoms with Crippen LogP contribution in [0.3, 0.4) is 0 Å². The molecule has 0 radical (unpaired) electrons. The molecule has 0 bridgehead atoms. The van der Waals surface area contributed by atoms with Crippen molar-refractivity contribution in [3.05, 3.63) is 35.4 Å². The molecule has 3 heteroatoms. The lowest BCUT2D eigenvalue weighted by Crippen LogP contribution is -2.31. The summed E-state index contributed by atoms with van der Waals surface area (Å²) in [7, 11) is 0. The third-order valence-electron chi connectivity index (χ3n) is 2.37. The van der Waals surface area contributed by atoms with Crippen molar-refractivity contribution in [3.63, 3.8) is 0 Å². The minimum Gasteiger partial charge on any atom is -0.392 e. The highest BCUT2D eigenvalue weighted by Crippen LogP contribution is 2.01. The monoisotopic (exact) mass is 222 g/mol. The average molecular weight is 222 g/mol. The Hall–Kier alpha value is -0.900. The van der Waals surface area contributed by atoms with E-state index >= 15 is 0 Å². The van der Waals surface area contributed by atoms with E-state index < -0.39 is 0 Å². The fourth-order valence-electron chi connectivity index (χ4n) is 1.43. The van der Waals surface area contributed by atoms with Crippen LogP contribution in [0.5, 0.6) is 0 Å². The fourth-order valence-corrected chi connectivity index (χ4v) is 1.43. The number of nitrogens with one attached hydrogen (secondary N) is 2. The van der Waals surface area contributed by atoms with Crippen molar-refractivity contribution in [3.8, 4) is 0 Å². The van der Waals surface area contributed by atoms with Crippen molar-refractivity contribution in [1.29, 1.82) is 0 Å². The van der Waals surface area contributed by atoms with E-state index in [1.54, 1.807) is 6.92 Å². The molecule has 0 saturated carbocycles. The van der Waals surface area contributed by atoms with Crippen LogP contribution < -0.4 is 10.6 Å². The molecule has 3 N–H and O–H groups in total. The quantitative estimate of drug-likeness (QED) is 0.604. The van der Waals surface area contributed by atoms with E-state index in [4.69, 9.17) is 5.11 Å². The standard InChI is InChI=1S/C13H22N2O/c1-11-3-5-13(6-4-11)10-15-8-7-14-9-12(2)16/h3-6,12,14-16H,7-10H2,1-2H3/t12-/m1/s1. The molecule has 3 nitrogen and oxygen atoms in total. The van der Waals surface area contributed by atoms with E-state index in [1.165, 1.54) is 11.1 Å². The van der Waals surface area contributed by atoms with Gasteiger partial charge in [-0.15, -0.1) is 0 Å². The van der Waals surface area contributed by atoms with E-state index in [1.807, 2.05) is 0 Å². The number of rotatable bonds is 7. The first-order chi connectivity index (χ1) is 7.68. The second kappa shape index (κ2) is 7.39. The molecule has 0 aliphatic carbocycles. The topological polar surface area (TPSA) is 44.3 Å². The molecule has 90 valence electrons. The molecule has 16 heavy (non-hydrogen) atoms. The third-order valence-corrected chi connectivity index (χ3v) is 2.37. The number of benzene rings is 1. The van der Waals surface area contributed by atoms with E-state index in [-0.39, 0.29) is 6.10 Å². The van der Waals surface area contributed by atoms with Crippen molar-refractivity contribution in [2.75, 3.05) is 19.6 Å². The first kappa shape index (κ1) is 13.2. The highest BCUT2D eigenvalue weighted by Gasteiger charge is 1.94. The van der Waals surface area contributed by atoms with Crippen LogP contribution in [-0.4, -0.2) is 30.8 Å². The lowest BCUT2D eigenvalue weighted by molar-refractivity contribution is 0.191. The van der Waals surface area contributed by atoms with Crippen molar-refractivity contribution in [2.24, 2.45) is 0 Å². The first-order valence-electron chi connectivity index (χ1n) is 5.83. The van der Waals surface area contributed by atoms with Gasteiger partial charge in [-0.2, -0.15) is 0 Å². The molecule has 1 atom stereocenters. The van der Waals surface area contributed by atoms with Crippen LogP contribution in [0, 0.1) is 6.92 Å². The Morgan fingerprint density at radius 1 is 1.12 bits per heavy atom. The number of aryl methyl sites for hydroxylation is 1. The van der Waals surface area contributed by atoms with Crippen LogP contribution >= 0.6 is 0 Å². The molecule has 0 unspecified atom stereocenters. The number of aliphatic hydroxyl groups excluding tert-OH is 1. The molecule has 1 aromatic rings. The number of aliphatic hydroxyl groups is 1. The van der Waals surface area contributed by atoms with E-state index in [2.05, 4.69) is 41.8 Å². The van der Waals surface area contributed by atoms with Gasteiger partial charge in [0.25, 0.3) is 0 Å². The molecule has 0 saturated heterocycles. The summed E-state index contributed by atoms with van der Waals surface area (Å²) in [6.45, 7) is 7.24. The van der Waals surface area contributed by atoms with E-state index in [0.29, 0.717) is 6.54 Å². The van der Waals surface area contributed by atoms with Crippen LogP contribution in [0.2, 0.25) is 0 Å². The fraction of sp³-hybridized carbons (Fsp3) is 0.538. The lowest BCUT2D eigenvalue weighted by Gasteiger charge is -2.08. The van der Waals surface area contributed by atoms with Gasteiger partial charge in [0.15, 0.2) is 0 Å². The van der Waals surface area contributed by atoms with Gasteiger partial charge in [-0.05, 0) is 19.4 Å². The zero-order valence-corrected chi connectivity index (χ0v) is 10.2. The van der Waals surface area contributed by atoms with Crippen LogP contribution in [0.15, 0.2) is 24.3 Å². The molecule has 0 heterocycles. The Balaban J connectivity index is 2.05. The Morgan fingerprint density at radius 3 is 2.38 bits per heavy atom. The molecule has 1 aromatic carbocycles. The smallest absolute Gasteiger partial charge is 0.0636 e. The number of hydrogen-bond donors (Lipinski definition) is 3. The zero-order valence-electron chi connectivity index (χ0n) is 10.2. The minimum absolute atomic E-state index is 0.267. The molecule has 0 aliphatic rings. The highest BCUT2D eigenvalue weighted by molar-refractivity contribution is 5.20. The summed E-state index contributed by atoms with van der Waals surface area (Å²) in [4.78, 5) is 0. The van der Waals surface area contributed by atoms with E-state index in [0.717, 1.165) is 19.6 Å². The zero-order chi connectivity index (χ0) is 11.8. The third kappa shape index (κ3) is 5.85. The second-order valence-electron chi connectivity index (χ2n) is 4.22. The summed E-state index contributed by atoms with van der Waals surface area (Å²) in [6, 6.07) is 8.54. The van der Waals surface area contributed by atoms with Gasteiger partial charge >= 0.3 is 0 Å². The van der Waals surface area contributed by atoms with Gasteiger partial charge in [0.1, 0.15) is 0 Å². The lowest BCUT2D eigenvalue weighted by atomic mass is 10.1. The molecular formula is C13H22N2O. The summed E-state index contributed by atoms with van der Waals surface area (Å²) in [5.74, 6) is 0. The molecule has 0 aromatic heterocycles. The van der Waals surface area contributed by atoms with Crippen molar-refractivity contribution >= 4 is 0 Å². The van der Waals surface area contributed by atoms with Gasteiger partial charge in [-0.3, -0.25) is 0 Å². The summed E-state index contributed by atoms with van der Waals surface area (Å²) in [5, 5.41) is 15.5. The molecule has 0 spiro atoms. The largest absolute Gasteiger partial charge is 0.392 e. The van der Waals surface area contributed by atoms with Crippen molar-refractivity contribution < 1.29 is 5.11 Å².